The Labute approximate surface area is 153 Å². The molecule has 0 aromatic heterocycles. The molecule has 0 radical (unpaired) electrons. The fraction of sp³-hybridized carbons (Fsp3) is 0.333. The third-order valence-electron chi connectivity index (χ3n) is 4.69. The minimum Gasteiger partial charge on any atom is -0.497 e. The van der Waals surface area contributed by atoms with Crippen LogP contribution < -0.4 is 15.4 Å². The largest absolute Gasteiger partial charge is 0.497 e. The van der Waals surface area contributed by atoms with Gasteiger partial charge in [-0.25, -0.2) is 0 Å². The van der Waals surface area contributed by atoms with Gasteiger partial charge in [-0.2, -0.15) is 0 Å². The maximum atomic E-state index is 12.4. The van der Waals surface area contributed by atoms with Crippen LogP contribution in [0.5, 0.6) is 5.75 Å². The Hall–Kier alpha value is -2.82. The highest BCUT2D eigenvalue weighted by molar-refractivity contribution is 5.99. The van der Waals surface area contributed by atoms with Crippen LogP contribution in [0, 0.1) is 0 Å². The second-order valence-corrected chi connectivity index (χ2v) is 6.57. The van der Waals surface area contributed by atoms with Gasteiger partial charge >= 0.3 is 0 Å². The van der Waals surface area contributed by atoms with Gasteiger partial charge < -0.3 is 15.4 Å². The van der Waals surface area contributed by atoms with Crippen LogP contribution in [0.25, 0.3) is 0 Å². The molecule has 1 fully saturated rings. The number of ether oxygens (including phenoxy) is 1. The maximum absolute atomic E-state index is 12.4. The number of carbonyl (C=O) groups is 2. The molecular weight excluding hydrogens is 328 g/mol. The van der Waals surface area contributed by atoms with Gasteiger partial charge in [0.2, 0.25) is 0 Å². The normalized spacial score (nSPS) is 14.0. The fourth-order valence-electron chi connectivity index (χ4n) is 3.17. The Morgan fingerprint density at radius 3 is 2.31 bits per heavy atom. The number of rotatable bonds is 6. The van der Waals surface area contributed by atoms with Crippen LogP contribution in [0.1, 0.15) is 52.0 Å². The zero-order valence-electron chi connectivity index (χ0n) is 15.0. The molecule has 3 rings (SSSR count). The molecule has 1 saturated carbocycles. The van der Waals surface area contributed by atoms with Gasteiger partial charge in [0.1, 0.15) is 5.75 Å². The Morgan fingerprint density at radius 2 is 1.65 bits per heavy atom. The summed E-state index contributed by atoms with van der Waals surface area (Å²) in [4.78, 5) is 24.8. The van der Waals surface area contributed by atoms with E-state index in [9.17, 15) is 9.59 Å². The van der Waals surface area contributed by atoms with E-state index in [1.54, 1.807) is 31.4 Å². The average Bonchev–Trinajstić information content (AvgIpc) is 3.19. The smallest absolute Gasteiger partial charge is 0.251 e. The van der Waals surface area contributed by atoms with Crippen molar-refractivity contribution in [1.29, 1.82) is 0 Å². The second kappa shape index (κ2) is 8.52. The standard InChI is InChI=1S/C21H24N2O3/c1-26-19-11-9-15(10-12-19)14-22-20(24)16-5-4-6-17(13-16)21(25)23-18-7-2-3-8-18/h4-6,9-13,18H,2-3,7-8,14H2,1H3,(H,22,24)(H,23,25). The summed E-state index contributed by atoms with van der Waals surface area (Å²) in [6, 6.07) is 14.6. The zero-order chi connectivity index (χ0) is 18.4. The van der Waals surface area contributed by atoms with E-state index < -0.39 is 0 Å². The molecule has 1 aliphatic rings. The summed E-state index contributed by atoms with van der Waals surface area (Å²) in [5.41, 5.74) is 1.99. The molecule has 0 aliphatic heterocycles. The third-order valence-corrected chi connectivity index (χ3v) is 4.69. The summed E-state index contributed by atoms with van der Waals surface area (Å²) in [6.07, 6.45) is 4.40. The first-order valence-electron chi connectivity index (χ1n) is 8.98. The molecule has 0 heterocycles. The number of hydrogen-bond donors (Lipinski definition) is 2. The third kappa shape index (κ3) is 4.63. The van der Waals surface area contributed by atoms with Gasteiger partial charge in [-0.05, 0) is 48.7 Å². The van der Waals surface area contributed by atoms with Crippen molar-refractivity contribution in [3.05, 3.63) is 65.2 Å². The lowest BCUT2D eigenvalue weighted by Gasteiger charge is -2.12. The van der Waals surface area contributed by atoms with Crippen LogP contribution in [0.4, 0.5) is 0 Å². The van der Waals surface area contributed by atoms with E-state index in [-0.39, 0.29) is 17.9 Å². The Balaban J connectivity index is 1.59. The quantitative estimate of drug-likeness (QED) is 0.838. The van der Waals surface area contributed by atoms with E-state index in [4.69, 9.17) is 4.74 Å². The summed E-state index contributed by atoms with van der Waals surface area (Å²) < 4.78 is 5.12. The van der Waals surface area contributed by atoms with Crippen LogP contribution in [-0.4, -0.2) is 25.0 Å². The molecule has 5 heteroatoms. The lowest BCUT2D eigenvalue weighted by atomic mass is 10.1. The summed E-state index contributed by atoms with van der Waals surface area (Å²) >= 11 is 0. The van der Waals surface area contributed by atoms with E-state index in [1.165, 1.54) is 12.8 Å². The van der Waals surface area contributed by atoms with Gasteiger partial charge in [-0.3, -0.25) is 9.59 Å². The van der Waals surface area contributed by atoms with Crippen molar-refractivity contribution in [2.45, 2.75) is 38.3 Å². The molecule has 0 unspecified atom stereocenters. The fourth-order valence-corrected chi connectivity index (χ4v) is 3.17. The molecule has 1 aliphatic carbocycles. The molecule has 26 heavy (non-hydrogen) atoms. The molecule has 2 aromatic rings. The SMILES string of the molecule is COc1ccc(CNC(=O)c2cccc(C(=O)NC3CCCC3)c2)cc1. The van der Waals surface area contributed by atoms with Crippen LogP contribution in [-0.2, 0) is 6.54 Å². The van der Waals surface area contributed by atoms with E-state index >= 15 is 0 Å². The van der Waals surface area contributed by atoms with Crippen molar-refractivity contribution in [3.63, 3.8) is 0 Å². The summed E-state index contributed by atoms with van der Waals surface area (Å²) in [7, 11) is 1.62. The highest BCUT2D eigenvalue weighted by Gasteiger charge is 2.18. The van der Waals surface area contributed by atoms with Crippen molar-refractivity contribution in [3.8, 4) is 5.75 Å². The van der Waals surface area contributed by atoms with E-state index in [2.05, 4.69) is 10.6 Å². The molecule has 0 bridgehead atoms. The molecule has 2 aromatic carbocycles. The van der Waals surface area contributed by atoms with Crippen LogP contribution in [0.15, 0.2) is 48.5 Å². The average molecular weight is 352 g/mol. The Kier molecular flexibility index (Phi) is 5.89. The van der Waals surface area contributed by atoms with Crippen molar-refractivity contribution < 1.29 is 14.3 Å². The number of carbonyl (C=O) groups excluding carboxylic acids is 2. The monoisotopic (exact) mass is 352 g/mol. The van der Waals surface area contributed by atoms with Crippen molar-refractivity contribution in [1.82, 2.24) is 10.6 Å². The van der Waals surface area contributed by atoms with Crippen LogP contribution in [0.3, 0.4) is 0 Å². The maximum Gasteiger partial charge on any atom is 0.251 e. The molecule has 136 valence electrons. The minimum atomic E-state index is -0.198. The highest BCUT2D eigenvalue weighted by Crippen LogP contribution is 2.18. The highest BCUT2D eigenvalue weighted by atomic mass is 16.5. The lowest BCUT2D eigenvalue weighted by molar-refractivity contribution is 0.0938. The molecule has 0 atom stereocenters. The Bertz CT molecular complexity index is 765. The number of hydrogen-bond acceptors (Lipinski definition) is 3. The Morgan fingerprint density at radius 1 is 1.00 bits per heavy atom. The minimum absolute atomic E-state index is 0.110. The van der Waals surface area contributed by atoms with E-state index in [0.717, 1.165) is 24.2 Å². The molecule has 0 saturated heterocycles. The van der Waals surface area contributed by atoms with Gasteiger partial charge in [-0.15, -0.1) is 0 Å². The van der Waals surface area contributed by atoms with E-state index in [1.807, 2.05) is 24.3 Å². The summed E-state index contributed by atoms with van der Waals surface area (Å²) in [5.74, 6) is 0.471. The van der Waals surface area contributed by atoms with Crippen molar-refractivity contribution >= 4 is 11.8 Å². The summed E-state index contributed by atoms with van der Waals surface area (Å²) in [6.45, 7) is 0.418. The molecule has 0 spiro atoms. The summed E-state index contributed by atoms with van der Waals surface area (Å²) in [5, 5.41) is 5.93. The number of nitrogens with one attached hydrogen (secondary N) is 2. The van der Waals surface area contributed by atoms with Crippen LogP contribution >= 0.6 is 0 Å². The van der Waals surface area contributed by atoms with Crippen LogP contribution in [0.2, 0.25) is 0 Å². The van der Waals surface area contributed by atoms with Gasteiger partial charge in [-0.1, -0.05) is 31.0 Å². The first-order chi connectivity index (χ1) is 12.7. The van der Waals surface area contributed by atoms with Gasteiger partial charge in [0, 0.05) is 23.7 Å². The molecule has 5 nitrogen and oxygen atoms in total. The van der Waals surface area contributed by atoms with Crippen molar-refractivity contribution in [2.75, 3.05) is 7.11 Å². The molecular formula is C21H24N2O3. The van der Waals surface area contributed by atoms with E-state index in [0.29, 0.717) is 17.7 Å². The van der Waals surface area contributed by atoms with Gasteiger partial charge in [0.15, 0.2) is 0 Å². The predicted octanol–water partition coefficient (Wildman–Crippen LogP) is 3.30. The van der Waals surface area contributed by atoms with Crippen molar-refractivity contribution in [2.24, 2.45) is 0 Å². The molecule has 2 N–H and O–H groups in total. The lowest BCUT2D eigenvalue weighted by Crippen LogP contribution is -2.32. The second-order valence-electron chi connectivity index (χ2n) is 6.57. The number of benzene rings is 2. The van der Waals surface area contributed by atoms with Gasteiger partial charge in [0.05, 0.1) is 7.11 Å². The first-order valence-corrected chi connectivity index (χ1v) is 8.98. The number of methoxy groups -OCH3 is 1. The number of amides is 2. The van der Waals surface area contributed by atoms with Gasteiger partial charge in [0.25, 0.3) is 11.8 Å². The topological polar surface area (TPSA) is 67.4 Å². The zero-order valence-corrected chi connectivity index (χ0v) is 15.0. The predicted molar refractivity (Wildman–Crippen MR) is 100 cm³/mol. The first kappa shape index (κ1) is 18.0. The molecule has 2 amide bonds.